The number of hydrogen-bond acceptors (Lipinski definition) is 2. The van der Waals surface area contributed by atoms with Gasteiger partial charge in [0.2, 0.25) is 0 Å². The second-order valence-electron chi connectivity index (χ2n) is 6.38. The first-order valence-corrected chi connectivity index (χ1v) is 6.98. The van der Waals surface area contributed by atoms with Crippen LogP contribution < -0.4 is 5.32 Å². The van der Waals surface area contributed by atoms with Crippen molar-refractivity contribution in [3.05, 3.63) is 34.9 Å². The molecule has 1 atom stereocenters. The molecular formula is C16H23NO2. The lowest BCUT2D eigenvalue weighted by Gasteiger charge is -2.23. The Morgan fingerprint density at radius 2 is 1.84 bits per heavy atom. The summed E-state index contributed by atoms with van der Waals surface area (Å²) in [5, 5.41) is 13.0. The van der Waals surface area contributed by atoms with Crippen LogP contribution in [0.5, 0.6) is 0 Å². The number of fused-ring (bicyclic) bond motifs is 1. The van der Waals surface area contributed by atoms with Crippen LogP contribution in [0.15, 0.2) is 18.2 Å². The molecule has 1 aromatic rings. The van der Waals surface area contributed by atoms with Crippen molar-refractivity contribution in [1.82, 2.24) is 5.32 Å². The molecule has 0 spiro atoms. The normalized spacial score (nSPS) is 16.6. The molecule has 1 aromatic carbocycles. The Hall–Kier alpha value is -1.35. The summed E-state index contributed by atoms with van der Waals surface area (Å²) >= 11 is 0. The molecule has 19 heavy (non-hydrogen) atoms. The molecule has 0 saturated heterocycles. The van der Waals surface area contributed by atoms with Crippen LogP contribution in [0.3, 0.4) is 0 Å². The second kappa shape index (κ2) is 5.33. The number of hydrogen-bond donors (Lipinski definition) is 2. The van der Waals surface area contributed by atoms with Crippen LogP contribution in [0.4, 0.5) is 0 Å². The van der Waals surface area contributed by atoms with Gasteiger partial charge in [-0.05, 0) is 63.1 Å². The van der Waals surface area contributed by atoms with Crippen molar-refractivity contribution in [2.75, 3.05) is 0 Å². The van der Waals surface area contributed by atoms with Gasteiger partial charge in [0.05, 0.1) is 0 Å². The van der Waals surface area contributed by atoms with Crippen LogP contribution in [0.25, 0.3) is 0 Å². The van der Waals surface area contributed by atoms with Gasteiger partial charge in [-0.25, -0.2) is 0 Å². The van der Waals surface area contributed by atoms with Crippen molar-refractivity contribution in [2.45, 2.75) is 58.1 Å². The van der Waals surface area contributed by atoms with E-state index < -0.39 is 6.10 Å². The molecule has 1 aliphatic carbocycles. The summed E-state index contributed by atoms with van der Waals surface area (Å²) in [6, 6.07) is 5.91. The van der Waals surface area contributed by atoms with Gasteiger partial charge in [0.15, 0.2) is 6.10 Å². The monoisotopic (exact) mass is 261 g/mol. The number of benzene rings is 1. The maximum absolute atomic E-state index is 12.0. The molecule has 1 aliphatic rings. The molecule has 104 valence electrons. The molecule has 1 unspecified atom stereocenters. The van der Waals surface area contributed by atoms with Gasteiger partial charge in [-0.3, -0.25) is 4.79 Å². The average Bonchev–Trinajstić information content (AvgIpc) is 2.35. The van der Waals surface area contributed by atoms with E-state index in [0.717, 1.165) is 12.8 Å². The minimum absolute atomic E-state index is 0.327. The fraction of sp³-hybridized carbons (Fsp3) is 0.562. The smallest absolute Gasteiger partial charge is 0.253 e. The number of carbonyl (C=O) groups is 1. The van der Waals surface area contributed by atoms with Gasteiger partial charge in [0, 0.05) is 5.54 Å². The van der Waals surface area contributed by atoms with Gasteiger partial charge >= 0.3 is 0 Å². The predicted molar refractivity (Wildman–Crippen MR) is 75.9 cm³/mol. The first-order valence-electron chi connectivity index (χ1n) is 6.98. The highest BCUT2D eigenvalue weighted by atomic mass is 16.3. The van der Waals surface area contributed by atoms with Crippen LogP contribution in [-0.4, -0.2) is 16.6 Å². The van der Waals surface area contributed by atoms with E-state index in [1.165, 1.54) is 24.0 Å². The lowest BCUT2D eigenvalue weighted by molar-refractivity contribution is -0.131. The Balaban J connectivity index is 2.15. The molecule has 0 fully saturated rings. The number of aliphatic hydroxyl groups excluding tert-OH is 1. The van der Waals surface area contributed by atoms with Crippen molar-refractivity contribution in [3.8, 4) is 0 Å². The lowest BCUT2D eigenvalue weighted by Crippen LogP contribution is -2.43. The largest absolute Gasteiger partial charge is 0.378 e. The van der Waals surface area contributed by atoms with Crippen molar-refractivity contribution in [1.29, 1.82) is 0 Å². The molecule has 0 saturated carbocycles. The summed E-state index contributed by atoms with van der Waals surface area (Å²) < 4.78 is 0. The highest BCUT2D eigenvalue weighted by Crippen LogP contribution is 2.25. The zero-order valence-electron chi connectivity index (χ0n) is 12.0. The van der Waals surface area contributed by atoms with Crippen LogP contribution >= 0.6 is 0 Å². The summed E-state index contributed by atoms with van der Waals surface area (Å²) in [5.74, 6) is -0.330. The van der Waals surface area contributed by atoms with Crippen LogP contribution in [-0.2, 0) is 17.6 Å². The Morgan fingerprint density at radius 1 is 1.21 bits per heavy atom. The molecule has 0 heterocycles. The van der Waals surface area contributed by atoms with E-state index in [4.69, 9.17) is 0 Å². The third-order valence-electron chi connectivity index (χ3n) is 3.43. The zero-order chi connectivity index (χ0) is 14.0. The topological polar surface area (TPSA) is 49.3 Å². The molecule has 1 amide bonds. The Kier molecular flexibility index (Phi) is 3.95. The minimum atomic E-state index is -1.08. The molecule has 3 heteroatoms. The first kappa shape index (κ1) is 14.1. The van der Waals surface area contributed by atoms with Gasteiger partial charge in [-0.15, -0.1) is 0 Å². The molecular weight excluding hydrogens is 238 g/mol. The quantitative estimate of drug-likeness (QED) is 0.859. The summed E-state index contributed by atoms with van der Waals surface area (Å²) in [6.45, 7) is 5.72. The number of aliphatic hydroxyl groups is 1. The van der Waals surface area contributed by atoms with E-state index in [-0.39, 0.29) is 11.4 Å². The van der Waals surface area contributed by atoms with Gasteiger partial charge in [-0.2, -0.15) is 0 Å². The molecule has 2 rings (SSSR count). The maximum Gasteiger partial charge on any atom is 0.253 e. The molecule has 2 N–H and O–H groups in total. The summed E-state index contributed by atoms with van der Waals surface area (Å²) in [4.78, 5) is 12.0. The van der Waals surface area contributed by atoms with Crippen LogP contribution in [0, 0.1) is 0 Å². The maximum atomic E-state index is 12.0. The van der Waals surface area contributed by atoms with Crippen LogP contribution in [0.1, 0.15) is 56.4 Å². The third kappa shape index (κ3) is 3.57. The highest BCUT2D eigenvalue weighted by Gasteiger charge is 2.23. The molecule has 3 nitrogen and oxygen atoms in total. The van der Waals surface area contributed by atoms with Crippen molar-refractivity contribution in [2.24, 2.45) is 0 Å². The number of nitrogens with one attached hydrogen (secondary N) is 1. The Labute approximate surface area is 115 Å². The third-order valence-corrected chi connectivity index (χ3v) is 3.43. The SMILES string of the molecule is CC(C)(C)NC(=O)C(O)c1ccc2c(c1)CCCC2. The molecule has 0 aromatic heterocycles. The molecule has 0 radical (unpaired) electrons. The van der Waals surface area contributed by atoms with E-state index in [9.17, 15) is 9.90 Å². The first-order chi connectivity index (χ1) is 8.87. The lowest BCUT2D eigenvalue weighted by atomic mass is 9.89. The van der Waals surface area contributed by atoms with Gasteiger partial charge in [0.25, 0.3) is 5.91 Å². The summed E-state index contributed by atoms with van der Waals surface area (Å²) in [7, 11) is 0. The van der Waals surface area contributed by atoms with E-state index in [1.807, 2.05) is 32.9 Å². The number of amides is 1. The summed E-state index contributed by atoms with van der Waals surface area (Å²) in [6.07, 6.45) is 3.52. The molecule has 0 bridgehead atoms. The van der Waals surface area contributed by atoms with Gasteiger partial charge < -0.3 is 10.4 Å². The van der Waals surface area contributed by atoms with Gasteiger partial charge in [-0.1, -0.05) is 18.2 Å². The fourth-order valence-electron chi connectivity index (χ4n) is 2.51. The minimum Gasteiger partial charge on any atom is -0.378 e. The van der Waals surface area contributed by atoms with Crippen molar-refractivity contribution >= 4 is 5.91 Å². The van der Waals surface area contributed by atoms with E-state index in [2.05, 4.69) is 11.4 Å². The van der Waals surface area contributed by atoms with E-state index in [1.54, 1.807) is 0 Å². The standard InChI is InChI=1S/C16H23NO2/c1-16(2,3)17-15(19)14(18)13-9-8-11-6-4-5-7-12(11)10-13/h8-10,14,18H,4-7H2,1-3H3,(H,17,19). The number of carbonyl (C=O) groups excluding carboxylic acids is 1. The summed E-state index contributed by atoms with van der Waals surface area (Å²) in [5.41, 5.74) is 3.01. The average molecular weight is 261 g/mol. The zero-order valence-corrected chi connectivity index (χ0v) is 12.0. The van der Waals surface area contributed by atoms with Crippen molar-refractivity contribution in [3.63, 3.8) is 0 Å². The number of rotatable bonds is 2. The highest BCUT2D eigenvalue weighted by molar-refractivity contribution is 5.82. The fourth-order valence-corrected chi connectivity index (χ4v) is 2.51. The number of aryl methyl sites for hydroxylation is 2. The second-order valence-corrected chi connectivity index (χ2v) is 6.38. The van der Waals surface area contributed by atoms with E-state index in [0.29, 0.717) is 5.56 Å². The Morgan fingerprint density at radius 3 is 2.47 bits per heavy atom. The predicted octanol–water partition coefficient (Wildman–Crippen LogP) is 2.51. The van der Waals surface area contributed by atoms with E-state index >= 15 is 0 Å². The van der Waals surface area contributed by atoms with Crippen molar-refractivity contribution < 1.29 is 9.90 Å². The molecule has 0 aliphatic heterocycles. The van der Waals surface area contributed by atoms with Gasteiger partial charge in [0.1, 0.15) is 0 Å². The Bertz CT molecular complexity index is 474. The van der Waals surface area contributed by atoms with Crippen LogP contribution in [0.2, 0.25) is 0 Å².